The number of carboxylic acid groups (broad SMARTS) is 1. The first-order valence-corrected chi connectivity index (χ1v) is 12.3. The van der Waals surface area contributed by atoms with Crippen LogP contribution in [0.1, 0.15) is 69.1 Å². The number of unbranched alkanes of at least 4 members (excludes halogenated alkanes) is 2. The Balaban J connectivity index is 1.62. The number of aromatic amines is 1. The number of rotatable bonds is 12. The van der Waals surface area contributed by atoms with Crippen molar-refractivity contribution in [3.8, 4) is 17.3 Å². The Kier molecular flexibility index (Phi) is 8.83. The SMILES string of the molecule is CC(CCCCCN(C)CCc1ccc(-c2nc3c(C#N)c[nH]n3c(=O)c2C(C)C)cc1)C(=O)O. The Morgan fingerprint density at radius 2 is 1.89 bits per heavy atom. The minimum Gasteiger partial charge on any atom is -0.481 e. The van der Waals surface area contributed by atoms with E-state index in [1.807, 2.05) is 26.0 Å². The lowest BCUT2D eigenvalue weighted by Gasteiger charge is -2.17. The molecule has 2 N–H and O–H groups in total. The standard InChI is InChI=1S/C27H35N5O3/c1-18(2)23-24(30-25-22(16-28)17-29-32(25)26(23)33)21-11-9-20(10-12-21)13-15-31(4)14-7-5-6-8-19(3)27(34)35/h9-12,17-19,29H,5-8,13-15H2,1-4H3,(H,34,35). The van der Waals surface area contributed by atoms with Gasteiger partial charge in [-0.15, -0.1) is 0 Å². The summed E-state index contributed by atoms with van der Waals surface area (Å²) in [4.78, 5) is 31.0. The van der Waals surface area contributed by atoms with Crippen LogP contribution in [-0.2, 0) is 11.2 Å². The Labute approximate surface area is 206 Å². The van der Waals surface area contributed by atoms with Crippen molar-refractivity contribution in [2.75, 3.05) is 20.1 Å². The van der Waals surface area contributed by atoms with Gasteiger partial charge in [-0.1, -0.05) is 57.9 Å². The molecule has 2 aromatic heterocycles. The molecule has 0 aliphatic rings. The summed E-state index contributed by atoms with van der Waals surface area (Å²) in [6, 6.07) is 10.2. The van der Waals surface area contributed by atoms with Crippen molar-refractivity contribution in [1.29, 1.82) is 5.26 Å². The predicted molar refractivity (Wildman–Crippen MR) is 137 cm³/mol. The maximum atomic E-state index is 13.1. The molecular weight excluding hydrogens is 442 g/mol. The zero-order valence-electron chi connectivity index (χ0n) is 21.0. The summed E-state index contributed by atoms with van der Waals surface area (Å²) in [5.74, 6) is -0.995. The van der Waals surface area contributed by atoms with Crippen LogP contribution in [0.5, 0.6) is 0 Å². The Bertz CT molecular complexity index is 1250. The second-order valence-electron chi connectivity index (χ2n) is 9.63. The molecule has 0 aliphatic heterocycles. The fourth-order valence-electron chi connectivity index (χ4n) is 4.24. The molecule has 186 valence electrons. The number of aromatic nitrogens is 3. The molecule has 8 nitrogen and oxygen atoms in total. The van der Waals surface area contributed by atoms with Gasteiger partial charge in [-0.05, 0) is 44.3 Å². The zero-order chi connectivity index (χ0) is 25.5. The first kappa shape index (κ1) is 26.2. The van der Waals surface area contributed by atoms with Crippen LogP contribution >= 0.6 is 0 Å². The van der Waals surface area contributed by atoms with Gasteiger partial charge in [0.2, 0.25) is 0 Å². The lowest BCUT2D eigenvalue weighted by atomic mass is 9.97. The van der Waals surface area contributed by atoms with E-state index >= 15 is 0 Å². The number of fused-ring (bicyclic) bond motifs is 1. The molecule has 0 amide bonds. The maximum Gasteiger partial charge on any atom is 0.306 e. The number of hydrogen-bond acceptors (Lipinski definition) is 5. The van der Waals surface area contributed by atoms with Gasteiger partial charge >= 0.3 is 5.97 Å². The van der Waals surface area contributed by atoms with Crippen molar-refractivity contribution in [2.24, 2.45) is 5.92 Å². The molecule has 0 saturated heterocycles. The van der Waals surface area contributed by atoms with Crippen LogP contribution in [0.15, 0.2) is 35.3 Å². The number of likely N-dealkylation sites (N-methyl/N-ethyl adjacent to an activating group) is 1. The summed E-state index contributed by atoms with van der Waals surface area (Å²) in [6.45, 7) is 7.63. The topological polar surface area (TPSA) is 114 Å². The third-order valence-electron chi connectivity index (χ3n) is 6.50. The molecular formula is C27H35N5O3. The predicted octanol–water partition coefficient (Wildman–Crippen LogP) is 4.44. The van der Waals surface area contributed by atoms with Crippen LogP contribution < -0.4 is 5.56 Å². The fourth-order valence-corrected chi connectivity index (χ4v) is 4.24. The fraction of sp³-hybridized carbons (Fsp3) is 0.481. The van der Waals surface area contributed by atoms with E-state index in [1.165, 1.54) is 16.3 Å². The van der Waals surface area contributed by atoms with Crippen molar-refractivity contribution >= 4 is 11.6 Å². The van der Waals surface area contributed by atoms with Gasteiger partial charge in [-0.3, -0.25) is 14.7 Å². The van der Waals surface area contributed by atoms with Gasteiger partial charge in [-0.25, -0.2) is 9.50 Å². The Morgan fingerprint density at radius 1 is 1.17 bits per heavy atom. The highest BCUT2D eigenvalue weighted by atomic mass is 16.4. The van der Waals surface area contributed by atoms with Crippen LogP contribution in [-0.4, -0.2) is 50.7 Å². The van der Waals surface area contributed by atoms with Gasteiger partial charge in [-0.2, -0.15) is 5.26 Å². The number of carbonyl (C=O) groups is 1. The average molecular weight is 478 g/mol. The molecule has 0 spiro atoms. The number of H-pyrrole nitrogens is 1. The van der Waals surface area contributed by atoms with Crippen LogP contribution in [0.25, 0.3) is 16.9 Å². The molecule has 0 bridgehead atoms. The van der Waals surface area contributed by atoms with Crippen LogP contribution in [0.2, 0.25) is 0 Å². The second kappa shape index (κ2) is 11.8. The van der Waals surface area contributed by atoms with Crippen LogP contribution in [0.3, 0.4) is 0 Å². The van der Waals surface area contributed by atoms with Crippen LogP contribution in [0, 0.1) is 17.2 Å². The monoisotopic (exact) mass is 477 g/mol. The summed E-state index contributed by atoms with van der Waals surface area (Å²) in [5, 5.41) is 21.2. The Hall–Kier alpha value is -3.44. The van der Waals surface area contributed by atoms with Crippen molar-refractivity contribution in [3.05, 3.63) is 57.5 Å². The average Bonchev–Trinajstić information content (AvgIpc) is 3.25. The molecule has 3 aromatic rings. The number of nitrogens with one attached hydrogen (secondary N) is 1. The van der Waals surface area contributed by atoms with E-state index in [0.717, 1.165) is 50.8 Å². The van der Waals surface area contributed by atoms with Crippen molar-refractivity contribution in [2.45, 2.75) is 58.8 Å². The minimum atomic E-state index is -0.714. The number of hydrogen-bond donors (Lipinski definition) is 2. The van der Waals surface area contributed by atoms with Gasteiger partial charge in [0, 0.05) is 23.9 Å². The lowest BCUT2D eigenvalue weighted by molar-refractivity contribution is -0.141. The largest absolute Gasteiger partial charge is 0.481 e. The van der Waals surface area contributed by atoms with E-state index in [0.29, 0.717) is 22.5 Å². The number of nitrogens with zero attached hydrogens (tertiary/aromatic N) is 4. The number of aliphatic carboxylic acids is 1. The summed E-state index contributed by atoms with van der Waals surface area (Å²) in [6.07, 6.45) is 6.21. The van der Waals surface area contributed by atoms with E-state index < -0.39 is 5.97 Å². The summed E-state index contributed by atoms with van der Waals surface area (Å²) in [7, 11) is 2.11. The van der Waals surface area contributed by atoms with Crippen molar-refractivity contribution in [3.63, 3.8) is 0 Å². The van der Waals surface area contributed by atoms with Crippen molar-refractivity contribution in [1.82, 2.24) is 19.5 Å². The van der Waals surface area contributed by atoms with E-state index in [1.54, 1.807) is 6.92 Å². The van der Waals surface area contributed by atoms with E-state index in [-0.39, 0.29) is 17.4 Å². The third kappa shape index (κ3) is 6.37. The molecule has 35 heavy (non-hydrogen) atoms. The highest BCUT2D eigenvalue weighted by Gasteiger charge is 2.19. The maximum absolute atomic E-state index is 13.1. The van der Waals surface area contributed by atoms with Gasteiger partial charge < -0.3 is 10.0 Å². The molecule has 3 rings (SSSR count). The Morgan fingerprint density at radius 3 is 2.51 bits per heavy atom. The summed E-state index contributed by atoms with van der Waals surface area (Å²) >= 11 is 0. The lowest BCUT2D eigenvalue weighted by Crippen LogP contribution is -2.23. The molecule has 1 aromatic carbocycles. The first-order chi connectivity index (χ1) is 16.7. The molecule has 8 heteroatoms. The highest BCUT2D eigenvalue weighted by molar-refractivity contribution is 5.69. The van der Waals surface area contributed by atoms with Gasteiger partial charge in [0.05, 0.1) is 11.6 Å². The second-order valence-corrected chi connectivity index (χ2v) is 9.63. The normalized spacial score (nSPS) is 12.4. The molecule has 1 unspecified atom stereocenters. The van der Waals surface area contributed by atoms with E-state index in [9.17, 15) is 14.9 Å². The smallest absolute Gasteiger partial charge is 0.306 e. The highest BCUT2D eigenvalue weighted by Crippen LogP contribution is 2.26. The summed E-state index contributed by atoms with van der Waals surface area (Å²) in [5.41, 5.74) is 3.84. The van der Waals surface area contributed by atoms with Gasteiger partial charge in [0.1, 0.15) is 11.6 Å². The molecule has 0 fully saturated rings. The first-order valence-electron chi connectivity index (χ1n) is 12.3. The van der Waals surface area contributed by atoms with E-state index in [2.05, 4.69) is 35.2 Å². The zero-order valence-corrected chi connectivity index (χ0v) is 21.0. The number of benzene rings is 1. The molecule has 2 heterocycles. The number of nitriles is 1. The van der Waals surface area contributed by atoms with Gasteiger partial charge in [0.15, 0.2) is 5.65 Å². The quantitative estimate of drug-likeness (QED) is 0.373. The summed E-state index contributed by atoms with van der Waals surface area (Å²) < 4.78 is 1.34. The van der Waals surface area contributed by atoms with Gasteiger partial charge in [0.25, 0.3) is 5.56 Å². The molecule has 0 aliphatic carbocycles. The molecule has 1 atom stereocenters. The molecule has 0 radical (unpaired) electrons. The third-order valence-corrected chi connectivity index (χ3v) is 6.50. The number of carboxylic acids is 1. The van der Waals surface area contributed by atoms with E-state index in [4.69, 9.17) is 10.1 Å². The molecule has 0 saturated carbocycles. The minimum absolute atomic E-state index is 0.0172. The van der Waals surface area contributed by atoms with Crippen LogP contribution in [0.4, 0.5) is 0 Å². The van der Waals surface area contributed by atoms with Crippen molar-refractivity contribution < 1.29 is 9.90 Å².